The van der Waals surface area contributed by atoms with Gasteiger partial charge in [-0.25, -0.2) is 4.98 Å². The molecule has 3 aromatic heterocycles. The van der Waals surface area contributed by atoms with E-state index in [1.807, 2.05) is 6.20 Å². The fourth-order valence-electron chi connectivity index (χ4n) is 12.2. The molecule has 0 saturated carbocycles. The molecule has 11 aromatic rings. The summed E-state index contributed by atoms with van der Waals surface area (Å²) in [6, 6.07) is 62.7. The van der Waals surface area contributed by atoms with Crippen molar-refractivity contribution in [1.29, 1.82) is 0 Å². The van der Waals surface area contributed by atoms with Crippen molar-refractivity contribution in [1.82, 2.24) is 19.1 Å². The fraction of sp³-hybridized carbons (Fsp3) is 0.250. The molecule has 1 N–H and O–H groups in total. The number of hydrogen-bond donors (Lipinski definition) is 1. The van der Waals surface area contributed by atoms with E-state index in [0.717, 1.165) is 94.4 Å². The lowest BCUT2D eigenvalue weighted by atomic mass is 9.79. The Balaban J connectivity index is 1.12. The van der Waals surface area contributed by atoms with E-state index >= 15 is 0 Å². The van der Waals surface area contributed by atoms with Crippen LogP contribution in [0.5, 0.6) is 5.75 Å². The Morgan fingerprint density at radius 3 is 1.87 bits per heavy atom. The maximum absolute atomic E-state index is 12.8. The number of phenolic OH excluding ortho intramolecular Hbond substituents is 1. The second-order valence-electron chi connectivity index (χ2n) is 26.6. The SMILES string of the molecule is CC(C)(C)c1cc(-c2cccc3c2nc(-c2cc(C(C)(C)C)cc(C(C)(C)C)c2O)n3-c2ccc([Si](C)(C)C)cc2-c2ccccc2)cc(-c2nccc3c2c2ccccc2n3-c2ccc3c(c2)-c2ccccc2C3(C)C)c1. The molecule has 6 heteroatoms. The van der Waals surface area contributed by atoms with Crippen molar-refractivity contribution < 1.29 is 5.11 Å². The van der Waals surface area contributed by atoms with E-state index in [9.17, 15) is 5.11 Å². The van der Waals surface area contributed by atoms with Crippen LogP contribution < -0.4 is 5.19 Å². The van der Waals surface area contributed by atoms with Crippen LogP contribution in [0.3, 0.4) is 0 Å². The average Bonchev–Trinajstić information content (AvgIpc) is 4.23. The Morgan fingerprint density at radius 2 is 1.14 bits per heavy atom. The molecular weight excluding hydrogens is 965 g/mol. The van der Waals surface area contributed by atoms with Crippen molar-refractivity contribution in [2.24, 2.45) is 0 Å². The van der Waals surface area contributed by atoms with Gasteiger partial charge in [-0.15, -0.1) is 0 Å². The fourth-order valence-corrected chi connectivity index (χ4v) is 13.4. The maximum atomic E-state index is 12.8. The third kappa shape index (κ3) is 8.34. The molecule has 0 bridgehead atoms. The molecule has 0 atom stereocenters. The van der Waals surface area contributed by atoms with E-state index < -0.39 is 8.07 Å². The first-order valence-corrected chi connectivity index (χ1v) is 31.3. The first-order valence-electron chi connectivity index (χ1n) is 27.8. The van der Waals surface area contributed by atoms with Gasteiger partial charge >= 0.3 is 0 Å². The van der Waals surface area contributed by atoms with Crippen LogP contribution in [0, 0.1) is 0 Å². The number of rotatable bonds is 7. The normalized spacial score (nSPS) is 13.7. The summed E-state index contributed by atoms with van der Waals surface area (Å²) in [5.41, 5.74) is 21.0. The number of pyridine rings is 1. The molecule has 390 valence electrons. The second-order valence-corrected chi connectivity index (χ2v) is 31.6. The lowest BCUT2D eigenvalue weighted by molar-refractivity contribution is 0.446. The van der Waals surface area contributed by atoms with Gasteiger partial charge in [0.15, 0.2) is 0 Å². The van der Waals surface area contributed by atoms with Crippen LogP contribution in [0.4, 0.5) is 0 Å². The molecule has 0 amide bonds. The van der Waals surface area contributed by atoms with Gasteiger partial charge in [0, 0.05) is 50.3 Å². The predicted molar refractivity (Wildman–Crippen MR) is 333 cm³/mol. The molecule has 0 radical (unpaired) electrons. The highest BCUT2D eigenvalue weighted by Crippen LogP contribution is 2.51. The van der Waals surface area contributed by atoms with E-state index in [0.29, 0.717) is 5.82 Å². The Kier molecular flexibility index (Phi) is 11.7. The summed E-state index contributed by atoms with van der Waals surface area (Å²) < 4.78 is 4.76. The first kappa shape index (κ1) is 51.0. The zero-order valence-electron chi connectivity index (χ0n) is 48.0. The standard InChI is InChI=1S/C72H72N4OSi/c1-69(2,3)47-38-45(37-46(39-47)65-64-53-26-19-21-29-60(53)75(62(64)35-36-73-65)49-31-33-58-55(42-49)52-25-18-20-28-57(52)72(58,10)11)51-27-22-30-63-66(51)74-68(56-40-48(70(4,5)6)41-59(67(56)77)71(7,8)9)76(63)61-34-32-50(78(12,13)14)43-54(61)44-23-16-15-17-24-44/h15-43,77H,1-14H3. The minimum Gasteiger partial charge on any atom is -0.507 e. The monoisotopic (exact) mass is 1040 g/mol. The van der Waals surface area contributed by atoms with Crippen LogP contribution in [0.25, 0.3) is 100 Å². The molecule has 1 aliphatic carbocycles. The summed E-state index contributed by atoms with van der Waals surface area (Å²) in [4.78, 5) is 11.1. The van der Waals surface area contributed by atoms with Crippen molar-refractivity contribution in [3.05, 3.63) is 204 Å². The quantitative estimate of drug-likeness (QED) is 0.162. The zero-order valence-corrected chi connectivity index (χ0v) is 49.0. The summed E-state index contributed by atoms with van der Waals surface area (Å²) in [5.74, 6) is 0.965. The van der Waals surface area contributed by atoms with Gasteiger partial charge < -0.3 is 9.67 Å². The Labute approximate surface area is 462 Å². The number of hydrogen-bond acceptors (Lipinski definition) is 3. The molecular formula is C72H72N4OSi. The molecule has 12 rings (SSSR count). The maximum Gasteiger partial charge on any atom is 0.149 e. The van der Waals surface area contributed by atoms with Crippen LogP contribution in [-0.2, 0) is 21.7 Å². The molecule has 0 spiro atoms. The van der Waals surface area contributed by atoms with Gasteiger partial charge in [0.2, 0.25) is 0 Å². The highest BCUT2D eigenvalue weighted by atomic mass is 28.3. The van der Waals surface area contributed by atoms with E-state index in [1.165, 1.54) is 33.0 Å². The average molecular weight is 1040 g/mol. The summed E-state index contributed by atoms with van der Waals surface area (Å²) >= 11 is 0. The highest BCUT2D eigenvalue weighted by molar-refractivity contribution is 6.88. The minimum atomic E-state index is -1.75. The molecule has 0 fully saturated rings. The van der Waals surface area contributed by atoms with Crippen LogP contribution in [0.1, 0.15) is 104 Å². The van der Waals surface area contributed by atoms with E-state index in [-0.39, 0.29) is 27.4 Å². The van der Waals surface area contributed by atoms with Gasteiger partial charge in [0.25, 0.3) is 0 Å². The van der Waals surface area contributed by atoms with Gasteiger partial charge in [-0.2, -0.15) is 0 Å². The molecule has 0 aliphatic heterocycles. The Hall–Kier alpha value is -7.80. The summed E-state index contributed by atoms with van der Waals surface area (Å²) in [6.45, 7) is 32.1. The molecule has 5 nitrogen and oxygen atoms in total. The first-order chi connectivity index (χ1) is 36.9. The highest BCUT2D eigenvalue weighted by Gasteiger charge is 2.36. The van der Waals surface area contributed by atoms with Gasteiger partial charge in [0.1, 0.15) is 11.6 Å². The minimum absolute atomic E-state index is 0.0822. The van der Waals surface area contributed by atoms with Crippen molar-refractivity contribution >= 4 is 46.1 Å². The molecule has 78 heavy (non-hydrogen) atoms. The zero-order chi connectivity index (χ0) is 55.0. The lowest BCUT2D eigenvalue weighted by Crippen LogP contribution is -2.37. The number of nitrogens with zero attached hydrogens (tertiary/aromatic N) is 4. The van der Waals surface area contributed by atoms with Gasteiger partial charge in [-0.05, 0) is 115 Å². The molecule has 0 saturated heterocycles. The van der Waals surface area contributed by atoms with Crippen LogP contribution in [0.15, 0.2) is 176 Å². The van der Waals surface area contributed by atoms with Gasteiger partial charge in [-0.3, -0.25) is 9.55 Å². The number of para-hydroxylation sites is 2. The number of imidazole rings is 1. The largest absolute Gasteiger partial charge is 0.507 e. The molecule has 0 unspecified atom stereocenters. The topological polar surface area (TPSA) is 55.9 Å². The third-order valence-electron chi connectivity index (χ3n) is 16.7. The number of fused-ring (bicyclic) bond motifs is 7. The van der Waals surface area contributed by atoms with E-state index in [4.69, 9.17) is 9.97 Å². The smallest absolute Gasteiger partial charge is 0.149 e. The van der Waals surface area contributed by atoms with Crippen LogP contribution >= 0.6 is 0 Å². The molecule has 3 heterocycles. The summed E-state index contributed by atoms with van der Waals surface area (Å²) in [6.07, 6.45) is 1.98. The van der Waals surface area contributed by atoms with Crippen LogP contribution in [0.2, 0.25) is 19.6 Å². The number of aromatic hydroxyl groups is 1. The predicted octanol–water partition coefficient (Wildman–Crippen LogP) is 18.6. The second kappa shape index (κ2) is 17.9. The van der Waals surface area contributed by atoms with Crippen molar-refractivity contribution in [2.45, 2.75) is 117 Å². The third-order valence-corrected chi connectivity index (χ3v) is 18.7. The van der Waals surface area contributed by atoms with Crippen molar-refractivity contribution in [3.63, 3.8) is 0 Å². The van der Waals surface area contributed by atoms with Crippen molar-refractivity contribution in [3.8, 4) is 73.2 Å². The van der Waals surface area contributed by atoms with Gasteiger partial charge in [-0.1, -0.05) is 216 Å². The summed E-state index contributed by atoms with van der Waals surface area (Å²) in [7, 11) is -1.75. The molecule has 8 aromatic carbocycles. The summed E-state index contributed by atoms with van der Waals surface area (Å²) in [5, 5.41) is 16.4. The van der Waals surface area contributed by atoms with E-state index in [2.05, 4.69) is 275 Å². The lowest BCUT2D eigenvalue weighted by Gasteiger charge is -2.28. The Morgan fingerprint density at radius 1 is 0.487 bits per heavy atom. The van der Waals surface area contributed by atoms with Crippen molar-refractivity contribution in [2.75, 3.05) is 0 Å². The van der Waals surface area contributed by atoms with E-state index in [1.54, 1.807) is 0 Å². The number of benzene rings is 8. The van der Waals surface area contributed by atoms with Gasteiger partial charge in [0.05, 0.1) is 47.1 Å². The van der Waals surface area contributed by atoms with Crippen LogP contribution in [-0.4, -0.2) is 32.3 Å². The molecule has 1 aliphatic rings. The number of phenols is 1. The number of aromatic nitrogens is 4. The Bertz CT molecular complexity index is 4220.